The van der Waals surface area contributed by atoms with Crippen molar-refractivity contribution in [1.82, 2.24) is 10.2 Å². The van der Waals surface area contributed by atoms with Crippen LogP contribution in [0.1, 0.15) is 19.0 Å². The molecule has 0 aromatic carbocycles. The molecule has 90 valence electrons. The van der Waals surface area contributed by atoms with Gasteiger partial charge in [0.2, 0.25) is 0 Å². The normalized spacial score (nSPS) is 13.6. The first kappa shape index (κ1) is 13.0. The van der Waals surface area contributed by atoms with Gasteiger partial charge in [-0.1, -0.05) is 0 Å². The van der Waals surface area contributed by atoms with Gasteiger partial charge in [-0.15, -0.1) is 21.8 Å². The van der Waals surface area contributed by atoms with Gasteiger partial charge in [0.25, 0.3) is 0 Å². The van der Waals surface area contributed by atoms with E-state index in [9.17, 15) is 13.2 Å². The van der Waals surface area contributed by atoms with Crippen LogP contribution in [0.3, 0.4) is 0 Å². The lowest BCUT2D eigenvalue weighted by atomic mass is 10.3. The van der Waals surface area contributed by atoms with E-state index in [1.54, 1.807) is 0 Å². The SMILES string of the molecule is CC(Cl)CCNc1ccc(C(F)(F)F)nn1. The van der Waals surface area contributed by atoms with Crippen LogP contribution in [-0.2, 0) is 6.18 Å². The first-order valence-electron chi connectivity index (χ1n) is 4.68. The molecule has 0 spiro atoms. The standard InChI is InChI=1S/C9H11ClF3N3/c1-6(10)4-5-14-8-3-2-7(15-16-8)9(11,12)13/h2-3,6H,4-5H2,1H3,(H,14,16). The van der Waals surface area contributed by atoms with Crippen LogP contribution in [0.4, 0.5) is 19.0 Å². The van der Waals surface area contributed by atoms with E-state index < -0.39 is 11.9 Å². The second kappa shape index (κ2) is 5.34. The Labute approximate surface area is 96.0 Å². The average molecular weight is 254 g/mol. The first-order chi connectivity index (χ1) is 7.39. The number of rotatable bonds is 4. The van der Waals surface area contributed by atoms with Gasteiger partial charge in [-0.2, -0.15) is 13.2 Å². The molecule has 0 fully saturated rings. The minimum absolute atomic E-state index is 0.00917. The van der Waals surface area contributed by atoms with Crippen LogP contribution in [-0.4, -0.2) is 22.1 Å². The number of hydrogen-bond donors (Lipinski definition) is 1. The second-order valence-corrected chi connectivity index (χ2v) is 4.04. The maximum atomic E-state index is 12.1. The molecule has 1 aromatic heterocycles. The Hall–Kier alpha value is -1.04. The Morgan fingerprint density at radius 2 is 2.06 bits per heavy atom. The Balaban J connectivity index is 2.52. The number of aromatic nitrogens is 2. The van der Waals surface area contributed by atoms with Gasteiger partial charge in [-0.25, -0.2) is 0 Å². The fourth-order valence-electron chi connectivity index (χ4n) is 0.977. The van der Waals surface area contributed by atoms with Crippen molar-refractivity contribution in [3.63, 3.8) is 0 Å². The maximum Gasteiger partial charge on any atom is 0.435 e. The summed E-state index contributed by atoms with van der Waals surface area (Å²) in [6.45, 7) is 2.38. The number of nitrogens with one attached hydrogen (secondary N) is 1. The highest BCUT2D eigenvalue weighted by Crippen LogP contribution is 2.26. The van der Waals surface area contributed by atoms with E-state index >= 15 is 0 Å². The number of alkyl halides is 4. The quantitative estimate of drug-likeness (QED) is 0.839. The molecule has 0 saturated heterocycles. The third kappa shape index (κ3) is 4.22. The van der Waals surface area contributed by atoms with Crippen molar-refractivity contribution in [3.05, 3.63) is 17.8 Å². The molecule has 0 aliphatic carbocycles. The van der Waals surface area contributed by atoms with Crippen LogP contribution in [0, 0.1) is 0 Å². The third-order valence-electron chi connectivity index (χ3n) is 1.80. The van der Waals surface area contributed by atoms with Gasteiger partial charge in [0, 0.05) is 11.9 Å². The molecule has 1 atom stereocenters. The van der Waals surface area contributed by atoms with Gasteiger partial charge in [0.15, 0.2) is 5.69 Å². The highest BCUT2D eigenvalue weighted by atomic mass is 35.5. The van der Waals surface area contributed by atoms with Crippen molar-refractivity contribution in [2.24, 2.45) is 0 Å². The second-order valence-electron chi connectivity index (χ2n) is 3.30. The number of anilines is 1. The lowest BCUT2D eigenvalue weighted by molar-refractivity contribution is -0.141. The van der Waals surface area contributed by atoms with E-state index in [1.807, 2.05) is 6.92 Å². The molecule has 7 heteroatoms. The third-order valence-corrected chi connectivity index (χ3v) is 2.02. The Bertz CT molecular complexity index is 324. The number of hydrogen-bond acceptors (Lipinski definition) is 3. The predicted molar refractivity (Wildman–Crippen MR) is 55.5 cm³/mol. The van der Waals surface area contributed by atoms with Gasteiger partial charge >= 0.3 is 6.18 Å². The van der Waals surface area contributed by atoms with Crippen molar-refractivity contribution in [2.75, 3.05) is 11.9 Å². The minimum atomic E-state index is -4.45. The molecule has 0 radical (unpaired) electrons. The lowest BCUT2D eigenvalue weighted by Gasteiger charge is -2.07. The lowest BCUT2D eigenvalue weighted by Crippen LogP contribution is -2.12. The molecule has 0 amide bonds. The van der Waals surface area contributed by atoms with E-state index in [2.05, 4.69) is 15.5 Å². The smallest absolute Gasteiger partial charge is 0.369 e. The molecule has 0 bridgehead atoms. The summed E-state index contributed by atoms with van der Waals surface area (Å²) in [5, 5.41) is 9.33. The highest BCUT2D eigenvalue weighted by Gasteiger charge is 2.32. The summed E-state index contributed by atoms with van der Waals surface area (Å²) in [6.07, 6.45) is -3.75. The van der Waals surface area contributed by atoms with Crippen molar-refractivity contribution in [2.45, 2.75) is 24.9 Å². The number of halogens is 4. The monoisotopic (exact) mass is 253 g/mol. The summed E-state index contributed by atoms with van der Waals surface area (Å²) >= 11 is 5.70. The molecule has 0 aliphatic heterocycles. The van der Waals surface area contributed by atoms with Crippen molar-refractivity contribution < 1.29 is 13.2 Å². The summed E-state index contributed by atoms with van der Waals surface area (Å²) in [5.74, 6) is 0.310. The fourth-order valence-corrected chi connectivity index (χ4v) is 1.09. The molecule has 1 rings (SSSR count). The average Bonchev–Trinajstić information content (AvgIpc) is 2.16. The van der Waals surface area contributed by atoms with Crippen molar-refractivity contribution in [1.29, 1.82) is 0 Å². The topological polar surface area (TPSA) is 37.8 Å². The largest absolute Gasteiger partial charge is 0.435 e. The number of nitrogens with zero attached hydrogens (tertiary/aromatic N) is 2. The maximum absolute atomic E-state index is 12.1. The highest BCUT2D eigenvalue weighted by molar-refractivity contribution is 6.20. The fraction of sp³-hybridized carbons (Fsp3) is 0.556. The van der Waals surface area contributed by atoms with Gasteiger partial charge in [-0.3, -0.25) is 0 Å². The Morgan fingerprint density at radius 1 is 1.38 bits per heavy atom. The van der Waals surface area contributed by atoms with E-state index in [-0.39, 0.29) is 5.38 Å². The summed E-state index contributed by atoms with van der Waals surface area (Å²) in [5.41, 5.74) is -0.997. The molecular formula is C9H11ClF3N3. The zero-order valence-electron chi connectivity index (χ0n) is 8.55. The molecule has 16 heavy (non-hydrogen) atoms. The molecule has 1 N–H and O–H groups in total. The minimum Gasteiger partial charge on any atom is -0.369 e. The van der Waals surface area contributed by atoms with E-state index in [4.69, 9.17) is 11.6 Å². The summed E-state index contributed by atoms with van der Waals surface area (Å²) < 4.78 is 36.4. The van der Waals surface area contributed by atoms with Crippen LogP contribution in [0.15, 0.2) is 12.1 Å². The van der Waals surface area contributed by atoms with Gasteiger partial charge in [-0.05, 0) is 25.5 Å². The van der Waals surface area contributed by atoms with Crippen LogP contribution in [0.2, 0.25) is 0 Å². The Kier molecular flexibility index (Phi) is 4.35. The first-order valence-corrected chi connectivity index (χ1v) is 5.12. The molecule has 1 heterocycles. The zero-order chi connectivity index (χ0) is 12.2. The van der Waals surface area contributed by atoms with Crippen molar-refractivity contribution >= 4 is 17.4 Å². The Morgan fingerprint density at radius 3 is 2.50 bits per heavy atom. The zero-order valence-corrected chi connectivity index (χ0v) is 9.31. The van der Waals surface area contributed by atoms with E-state index in [0.717, 1.165) is 6.07 Å². The van der Waals surface area contributed by atoms with Gasteiger partial charge in [0.1, 0.15) is 5.82 Å². The summed E-state index contributed by atoms with van der Waals surface area (Å²) in [7, 11) is 0. The molecule has 0 saturated carbocycles. The van der Waals surface area contributed by atoms with E-state index in [0.29, 0.717) is 18.8 Å². The summed E-state index contributed by atoms with van der Waals surface area (Å²) in [6, 6.07) is 2.13. The van der Waals surface area contributed by atoms with Crippen molar-refractivity contribution in [3.8, 4) is 0 Å². The summed E-state index contributed by atoms with van der Waals surface area (Å²) in [4.78, 5) is 0. The van der Waals surface area contributed by atoms with Gasteiger partial charge in [0.05, 0.1) is 0 Å². The van der Waals surface area contributed by atoms with Crippen LogP contribution >= 0.6 is 11.6 Å². The molecule has 3 nitrogen and oxygen atoms in total. The molecule has 0 aliphatic rings. The van der Waals surface area contributed by atoms with E-state index in [1.165, 1.54) is 6.07 Å². The van der Waals surface area contributed by atoms with Crippen LogP contribution < -0.4 is 5.32 Å². The molecule has 1 aromatic rings. The van der Waals surface area contributed by atoms with Crippen LogP contribution in [0.25, 0.3) is 0 Å². The predicted octanol–water partition coefficient (Wildman–Crippen LogP) is 2.92. The van der Waals surface area contributed by atoms with Crippen LogP contribution in [0.5, 0.6) is 0 Å². The molecule has 1 unspecified atom stereocenters. The molecular weight excluding hydrogens is 243 g/mol. The van der Waals surface area contributed by atoms with Gasteiger partial charge < -0.3 is 5.32 Å².